The number of hydrogen-bond acceptors (Lipinski definition) is 3. The molecule has 2 aromatic rings. The predicted molar refractivity (Wildman–Crippen MR) is 55.0 cm³/mol. The van der Waals surface area contributed by atoms with Gasteiger partial charge in [-0.3, -0.25) is 0 Å². The molecule has 2 heterocycles. The van der Waals surface area contributed by atoms with Gasteiger partial charge in [0.05, 0.1) is 9.88 Å². The molecule has 7 heteroatoms. The lowest BCUT2D eigenvalue weighted by Gasteiger charge is -2.08. The summed E-state index contributed by atoms with van der Waals surface area (Å²) in [5, 5.41) is 0.720. The first-order chi connectivity index (χ1) is 7.88. The summed E-state index contributed by atoms with van der Waals surface area (Å²) in [6.07, 6.45) is -2.24. The largest absolute Gasteiger partial charge is 0.420 e. The Balaban J connectivity index is 2.51. The van der Waals surface area contributed by atoms with Crippen LogP contribution in [-0.2, 0) is 6.18 Å². The van der Waals surface area contributed by atoms with E-state index in [1.807, 2.05) is 0 Å². The van der Waals surface area contributed by atoms with Gasteiger partial charge in [0.1, 0.15) is 5.56 Å². The Labute approximate surface area is 98.0 Å². The molecule has 0 amide bonds. The quantitative estimate of drug-likeness (QED) is 0.579. The maximum absolute atomic E-state index is 12.9. The summed E-state index contributed by atoms with van der Waals surface area (Å²) in [6.45, 7) is 1.73. The molecule has 2 nitrogen and oxygen atoms in total. The number of pyridine rings is 1. The summed E-state index contributed by atoms with van der Waals surface area (Å²) in [5.41, 5.74) is -1.15. The Morgan fingerprint density at radius 3 is 2.41 bits per heavy atom. The number of alkyl halides is 3. The molecule has 0 saturated heterocycles. The summed E-state index contributed by atoms with van der Waals surface area (Å²) in [7, 11) is 0. The van der Waals surface area contributed by atoms with Crippen molar-refractivity contribution >= 4 is 11.3 Å². The fourth-order valence-electron chi connectivity index (χ4n) is 1.28. The van der Waals surface area contributed by atoms with Gasteiger partial charge in [-0.05, 0) is 13.0 Å². The molecule has 0 atom stereocenters. The number of nitrogens with zero attached hydrogens (tertiary/aromatic N) is 2. The van der Waals surface area contributed by atoms with Gasteiger partial charge >= 0.3 is 6.18 Å². The summed E-state index contributed by atoms with van der Waals surface area (Å²) in [5.74, 6) is -1.51. The Bertz CT molecular complexity index is 547. The van der Waals surface area contributed by atoms with E-state index in [4.69, 9.17) is 0 Å². The Hall–Kier alpha value is -1.50. The van der Waals surface area contributed by atoms with Crippen LogP contribution in [-0.4, -0.2) is 9.97 Å². The molecule has 0 aliphatic carbocycles. The number of aryl methyl sites for hydroxylation is 1. The number of rotatable bonds is 1. The molecule has 0 aromatic carbocycles. The third kappa shape index (κ3) is 2.44. The van der Waals surface area contributed by atoms with E-state index in [9.17, 15) is 17.6 Å². The second-order valence-corrected chi connectivity index (χ2v) is 4.54. The SMILES string of the molecule is Cc1ncc(-c2cnc(F)c(C(F)(F)F)c2)s1. The van der Waals surface area contributed by atoms with Crippen LogP contribution in [0.5, 0.6) is 0 Å². The molecule has 0 bridgehead atoms. The third-order valence-corrected chi connectivity index (χ3v) is 3.01. The second kappa shape index (κ2) is 4.06. The van der Waals surface area contributed by atoms with E-state index in [0.717, 1.165) is 17.3 Å². The van der Waals surface area contributed by atoms with Crippen molar-refractivity contribution in [3.8, 4) is 10.4 Å². The Morgan fingerprint density at radius 2 is 1.88 bits per heavy atom. The molecule has 0 aliphatic rings. The molecular formula is C10H6F4N2S. The van der Waals surface area contributed by atoms with Crippen LogP contribution in [0.2, 0.25) is 0 Å². The van der Waals surface area contributed by atoms with Gasteiger partial charge in [0.25, 0.3) is 0 Å². The molecule has 0 saturated carbocycles. The molecule has 0 aliphatic heterocycles. The van der Waals surface area contributed by atoms with Crippen molar-refractivity contribution in [2.75, 3.05) is 0 Å². The van der Waals surface area contributed by atoms with Gasteiger partial charge in [0, 0.05) is 18.0 Å². The second-order valence-electron chi connectivity index (χ2n) is 3.30. The van der Waals surface area contributed by atoms with Crippen molar-refractivity contribution in [1.29, 1.82) is 0 Å². The van der Waals surface area contributed by atoms with Gasteiger partial charge in [0.2, 0.25) is 5.95 Å². The zero-order chi connectivity index (χ0) is 12.6. The van der Waals surface area contributed by atoms with Gasteiger partial charge in [-0.1, -0.05) is 0 Å². The van der Waals surface area contributed by atoms with Crippen molar-refractivity contribution in [3.63, 3.8) is 0 Å². The maximum atomic E-state index is 12.9. The highest BCUT2D eigenvalue weighted by molar-refractivity contribution is 7.15. The molecule has 2 rings (SSSR count). The Kier molecular flexibility index (Phi) is 2.86. The van der Waals surface area contributed by atoms with Crippen molar-refractivity contribution in [3.05, 3.63) is 35.0 Å². The minimum atomic E-state index is -4.74. The van der Waals surface area contributed by atoms with E-state index < -0.39 is 17.7 Å². The van der Waals surface area contributed by atoms with Gasteiger partial charge in [0.15, 0.2) is 0 Å². The lowest BCUT2D eigenvalue weighted by molar-refractivity contribution is -0.140. The molecule has 17 heavy (non-hydrogen) atoms. The summed E-state index contributed by atoms with van der Waals surface area (Å²) < 4.78 is 50.3. The maximum Gasteiger partial charge on any atom is 0.420 e. The van der Waals surface area contributed by atoms with Crippen LogP contribution in [0.4, 0.5) is 17.6 Å². The number of halogens is 4. The van der Waals surface area contributed by atoms with Crippen LogP contribution in [0.25, 0.3) is 10.4 Å². The van der Waals surface area contributed by atoms with E-state index in [1.54, 1.807) is 6.92 Å². The van der Waals surface area contributed by atoms with E-state index in [2.05, 4.69) is 9.97 Å². The topological polar surface area (TPSA) is 25.8 Å². The number of thiazole rings is 1. The van der Waals surface area contributed by atoms with Crippen molar-refractivity contribution in [1.82, 2.24) is 9.97 Å². The third-order valence-electron chi connectivity index (χ3n) is 2.05. The Morgan fingerprint density at radius 1 is 1.18 bits per heavy atom. The van der Waals surface area contributed by atoms with Gasteiger partial charge in [-0.15, -0.1) is 11.3 Å². The van der Waals surface area contributed by atoms with E-state index >= 15 is 0 Å². The van der Waals surface area contributed by atoms with E-state index in [1.165, 1.54) is 17.5 Å². The van der Waals surface area contributed by atoms with Crippen LogP contribution >= 0.6 is 11.3 Å². The summed E-state index contributed by atoms with van der Waals surface area (Å²) in [4.78, 5) is 7.57. The van der Waals surface area contributed by atoms with E-state index in [0.29, 0.717) is 4.88 Å². The van der Waals surface area contributed by atoms with Crippen LogP contribution in [0.3, 0.4) is 0 Å². The smallest absolute Gasteiger partial charge is 0.249 e. The fourth-order valence-corrected chi connectivity index (χ4v) is 2.04. The van der Waals surface area contributed by atoms with E-state index in [-0.39, 0.29) is 5.56 Å². The highest BCUT2D eigenvalue weighted by Gasteiger charge is 2.35. The van der Waals surface area contributed by atoms with Crippen molar-refractivity contribution < 1.29 is 17.6 Å². The zero-order valence-electron chi connectivity index (χ0n) is 8.55. The summed E-state index contributed by atoms with van der Waals surface area (Å²) in [6, 6.07) is 0.745. The first-order valence-electron chi connectivity index (χ1n) is 4.53. The van der Waals surface area contributed by atoms with Gasteiger partial charge < -0.3 is 0 Å². The van der Waals surface area contributed by atoms with Crippen LogP contribution in [0.1, 0.15) is 10.6 Å². The molecule has 90 valence electrons. The first-order valence-corrected chi connectivity index (χ1v) is 5.35. The molecule has 0 N–H and O–H groups in total. The molecular weight excluding hydrogens is 256 g/mol. The molecule has 2 aromatic heterocycles. The average molecular weight is 262 g/mol. The average Bonchev–Trinajstić information content (AvgIpc) is 2.64. The lowest BCUT2D eigenvalue weighted by Crippen LogP contribution is -2.09. The van der Waals surface area contributed by atoms with Crippen LogP contribution in [0, 0.1) is 12.9 Å². The number of hydrogen-bond donors (Lipinski definition) is 0. The normalized spacial score (nSPS) is 11.8. The fraction of sp³-hybridized carbons (Fsp3) is 0.200. The highest BCUT2D eigenvalue weighted by atomic mass is 32.1. The van der Waals surface area contributed by atoms with Crippen molar-refractivity contribution in [2.24, 2.45) is 0 Å². The monoisotopic (exact) mass is 262 g/mol. The highest BCUT2D eigenvalue weighted by Crippen LogP contribution is 2.34. The minimum Gasteiger partial charge on any atom is -0.249 e. The molecule has 0 radical (unpaired) electrons. The zero-order valence-corrected chi connectivity index (χ0v) is 9.36. The van der Waals surface area contributed by atoms with Crippen molar-refractivity contribution in [2.45, 2.75) is 13.1 Å². The molecule has 0 fully saturated rings. The molecule has 0 unspecified atom stereocenters. The minimum absolute atomic E-state index is 0.212. The first kappa shape index (κ1) is 12.0. The standard InChI is InChI=1S/C10H6F4N2S/c1-5-15-4-8(17-5)6-2-7(10(12,13)14)9(11)16-3-6/h2-4H,1H3. The lowest BCUT2D eigenvalue weighted by atomic mass is 10.2. The van der Waals surface area contributed by atoms with Gasteiger partial charge in [-0.25, -0.2) is 9.97 Å². The van der Waals surface area contributed by atoms with Crippen LogP contribution in [0.15, 0.2) is 18.5 Å². The van der Waals surface area contributed by atoms with Crippen LogP contribution < -0.4 is 0 Å². The predicted octanol–water partition coefficient (Wildman–Crippen LogP) is 3.67. The molecule has 0 spiro atoms. The van der Waals surface area contributed by atoms with Gasteiger partial charge in [-0.2, -0.15) is 17.6 Å². The number of aromatic nitrogens is 2. The summed E-state index contributed by atoms with van der Waals surface area (Å²) >= 11 is 1.23.